The second-order valence-electron chi connectivity index (χ2n) is 5.15. The first kappa shape index (κ1) is 15.9. The zero-order valence-corrected chi connectivity index (χ0v) is 12.5. The Morgan fingerprint density at radius 3 is 2.77 bits per heavy atom. The fraction of sp³-hybridized carbons (Fsp3) is 0.615. The van der Waals surface area contributed by atoms with Crippen LogP contribution in [-0.4, -0.2) is 46.7 Å². The summed E-state index contributed by atoms with van der Waals surface area (Å²) in [6.45, 7) is 5.19. The molecule has 22 heavy (non-hydrogen) atoms. The number of rotatable bonds is 5. The third kappa shape index (κ3) is 3.59. The van der Waals surface area contributed by atoms with Crippen LogP contribution in [0.15, 0.2) is 6.33 Å². The number of hydrogen-bond donors (Lipinski definition) is 1. The van der Waals surface area contributed by atoms with Gasteiger partial charge in [0, 0.05) is 19.6 Å². The van der Waals surface area contributed by atoms with Gasteiger partial charge in [-0.15, -0.1) is 0 Å². The minimum absolute atomic E-state index is 0.0340. The maximum atomic E-state index is 11.4. The van der Waals surface area contributed by atoms with E-state index in [-0.39, 0.29) is 36.0 Å². The molecular weight excluding hydrogens is 288 g/mol. The third-order valence-electron chi connectivity index (χ3n) is 3.23. The lowest BCUT2D eigenvalue weighted by Crippen LogP contribution is -2.46. The van der Waals surface area contributed by atoms with E-state index in [0.29, 0.717) is 19.6 Å². The van der Waals surface area contributed by atoms with Gasteiger partial charge in [-0.3, -0.25) is 10.1 Å². The molecule has 0 aromatic carbocycles. The Labute approximate surface area is 128 Å². The highest BCUT2D eigenvalue weighted by atomic mass is 16.6. The van der Waals surface area contributed by atoms with Crippen LogP contribution in [0.5, 0.6) is 0 Å². The van der Waals surface area contributed by atoms with Crippen molar-refractivity contribution in [2.75, 3.05) is 29.9 Å². The van der Waals surface area contributed by atoms with Crippen molar-refractivity contribution >= 4 is 17.3 Å². The maximum Gasteiger partial charge on any atom is 0.353 e. The minimum Gasteiger partial charge on any atom is -0.372 e. The monoisotopic (exact) mass is 306 g/mol. The summed E-state index contributed by atoms with van der Waals surface area (Å²) in [6.07, 6.45) is 1.46. The zero-order valence-electron chi connectivity index (χ0n) is 12.5. The lowest BCUT2D eigenvalue weighted by atomic mass is 10.2. The van der Waals surface area contributed by atoms with Crippen molar-refractivity contribution in [3.8, 4) is 6.07 Å². The quantitative estimate of drug-likeness (QED) is 0.491. The molecule has 1 aromatic rings. The number of hydrogen-bond acceptors (Lipinski definition) is 8. The molecule has 2 heterocycles. The normalized spacial score (nSPS) is 21.2. The van der Waals surface area contributed by atoms with Crippen LogP contribution in [-0.2, 0) is 4.74 Å². The van der Waals surface area contributed by atoms with Crippen molar-refractivity contribution in [2.24, 2.45) is 0 Å². The van der Waals surface area contributed by atoms with E-state index in [2.05, 4.69) is 15.3 Å². The molecule has 0 aliphatic carbocycles. The van der Waals surface area contributed by atoms with Gasteiger partial charge in [-0.05, 0) is 13.8 Å². The smallest absolute Gasteiger partial charge is 0.353 e. The Morgan fingerprint density at radius 2 is 2.18 bits per heavy atom. The van der Waals surface area contributed by atoms with Gasteiger partial charge in [0.15, 0.2) is 0 Å². The Hall–Kier alpha value is -2.47. The minimum atomic E-state index is -0.491. The van der Waals surface area contributed by atoms with Crippen LogP contribution >= 0.6 is 0 Å². The SMILES string of the molecule is CC1CN(c2ncnc(NCCC#N)c2[N+](=O)[O-])CC(C)O1. The molecule has 0 saturated carbocycles. The molecule has 9 heteroatoms. The predicted octanol–water partition coefficient (Wildman–Crippen LogP) is 1.32. The summed E-state index contributed by atoms with van der Waals surface area (Å²) in [5, 5.41) is 22.8. The summed E-state index contributed by atoms with van der Waals surface area (Å²) >= 11 is 0. The molecule has 0 amide bonds. The van der Waals surface area contributed by atoms with E-state index in [4.69, 9.17) is 10.00 Å². The molecule has 1 aliphatic heterocycles. The lowest BCUT2D eigenvalue weighted by molar-refractivity contribution is -0.383. The first-order valence-electron chi connectivity index (χ1n) is 7.03. The first-order chi connectivity index (χ1) is 10.5. The highest BCUT2D eigenvalue weighted by Crippen LogP contribution is 2.33. The van der Waals surface area contributed by atoms with E-state index in [9.17, 15) is 10.1 Å². The molecule has 0 bridgehead atoms. The van der Waals surface area contributed by atoms with Gasteiger partial charge in [-0.2, -0.15) is 5.26 Å². The van der Waals surface area contributed by atoms with Crippen LogP contribution in [0.1, 0.15) is 20.3 Å². The van der Waals surface area contributed by atoms with Crippen LogP contribution in [0.25, 0.3) is 0 Å². The number of nitrogens with zero attached hydrogens (tertiary/aromatic N) is 5. The Bertz CT molecular complexity index is 578. The molecule has 118 valence electrons. The number of anilines is 2. The zero-order chi connectivity index (χ0) is 16.1. The molecule has 2 unspecified atom stereocenters. The van der Waals surface area contributed by atoms with Gasteiger partial charge < -0.3 is 15.0 Å². The fourth-order valence-corrected chi connectivity index (χ4v) is 2.49. The summed E-state index contributed by atoms with van der Waals surface area (Å²) in [5.74, 6) is 0.415. The van der Waals surface area contributed by atoms with E-state index in [1.54, 1.807) is 0 Å². The van der Waals surface area contributed by atoms with Gasteiger partial charge in [0.1, 0.15) is 6.33 Å². The van der Waals surface area contributed by atoms with E-state index >= 15 is 0 Å². The van der Waals surface area contributed by atoms with Crippen LogP contribution in [0.4, 0.5) is 17.3 Å². The van der Waals surface area contributed by atoms with Crippen LogP contribution in [0.3, 0.4) is 0 Å². The van der Waals surface area contributed by atoms with Crippen molar-refractivity contribution < 1.29 is 9.66 Å². The summed E-state index contributed by atoms with van der Waals surface area (Å²) in [4.78, 5) is 20.8. The van der Waals surface area contributed by atoms with Gasteiger partial charge in [0.25, 0.3) is 0 Å². The average Bonchev–Trinajstić information content (AvgIpc) is 2.46. The third-order valence-corrected chi connectivity index (χ3v) is 3.23. The second-order valence-corrected chi connectivity index (χ2v) is 5.15. The van der Waals surface area contributed by atoms with Crippen LogP contribution in [0, 0.1) is 21.4 Å². The molecule has 1 aliphatic rings. The molecule has 2 rings (SSSR count). The van der Waals surface area contributed by atoms with E-state index in [0.717, 1.165) is 0 Å². The van der Waals surface area contributed by atoms with Crippen LogP contribution in [0.2, 0.25) is 0 Å². The van der Waals surface area contributed by atoms with Gasteiger partial charge >= 0.3 is 5.69 Å². The predicted molar refractivity (Wildman–Crippen MR) is 79.6 cm³/mol. The highest BCUT2D eigenvalue weighted by molar-refractivity contribution is 5.70. The van der Waals surface area contributed by atoms with Crippen molar-refractivity contribution in [2.45, 2.75) is 32.5 Å². The molecule has 1 fully saturated rings. The standard InChI is InChI=1S/C13H18N6O3/c1-9-6-18(7-10(2)22-9)13-11(19(20)21)12(16-8-17-13)15-5-3-4-14/h8-10H,3,5-7H2,1-2H3,(H,15,16,17). The summed E-state index contributed by atoms with van der Waals surface area (Å²) in [7, 11) is 0. The van der Waals surface area contributed by atoms with Crippen LogP contribution < -0.4 is 10.2 Å². The number of ether oxygens (including phenoxy) is 1. The number of nitriles is 1. The van der Waals surface area contributed by atoms with Crippen molar-refractivity contribution in [1.82, 2.24) is 9.97 Å². The molecule has 1 saturated heterocycles. The summed E-state index contributed by atoms with van der Waals surface area (Å²) in [5.41, 5.74) is -0.165. The number of aromatic nitrogens is 2. The molecule has 1 aromatic heterocycles. The molecule has 0 radical (unpaired) electrons. The molecule has 2 atom stereocenters. The lowest BCUT2D eigenvalue weighted by Gasteiger charge is -2.35. The van der Waals surface area contributed by atoms with E-state index in [1.807, 2.05) is 24.8 Å². The largest absolute Gasteiger partial charge is 0.372 e. The van der Waals surface area contributed by atoms with E-state index in [1.165, 1.54) is 6.33 Å². The molecular formula is C13H18N6O3. The molecule has 9 nitrogen and oxygen atoms in total. The molecule has 0 spiro atoms. The molecule has 1 N–H and O–H groups in total. The van der Waals surface area contributed by atoms with Gasteiger partial charge in [-0.1, -0.05) is 0 Å². The number of nitrogens with one attached hydrogen (secondary N) is 1. The Balaban J connectivity index is 2.32. The maximum absolute atomic E-state index is 11.4. The van der Waals surface area contributed by atoms with Crippen molar-refractivity contribution in [1.29, 1.82) is 5.26 Å². The van der Waals surface area contributed by atoms with Gasteiger partial charge in [0.2, 0.25) is 11.6 Å². The number of nitro groups is 1. The summed E-state index contributed by atoms with van der Waals surface area (Å²) in [6, 6.07) is 1.97. The first-order valence-corrected chi connectivity index (χ1v) is 7.03. The highest BCUT2D eigenvalue weighted by Gasteiger charge is 2.31. The fourth-order valence-electron chi connectivity index (χ4n) is 2.49. The average molecular weight is 306 g/mol. The topological polar surface area (TPSA) is 117 Å². The summed E-state index contributed by atoms with van der Waals surface area (Å²) < 4.78 is 5.64. The van der Waals surface area contributed by atoms with Gasteiger partial charge in [0.05, 0.1) is 29.6 Å². The van der Waals surface area contributed by atoms with Gasteiger partial charge in [-0.25, -0.2) is 9.97 Å². The Kier molecular flexibility index (Phi) is 5.06. The number of morpholine rings is 1. The van der Waals surface area contributed by atoms with Crippen molar-refractivity contribution in [3.63, 3.8) is 0 Å². The van der Waals surface area contributed by atoms with E-state index < -0.39 is 4.92 Å². The second kappa shape index (κ2) is 7.00. The Morgan fingerprint density at radius 1 is 1.50 bits per heavy atom. The van der Waals surface area contributed by atoms with Crippen molar-refractivity contribution in [3.05, 3.63) is 16.4 Å².